The van der Waals surface area contributed by atoms with Crippen LogP contribution in [0.2, 0.25) is 0 Å². The molecule has 1 aromatic carbocycles. The topological polar surface area (TPSA) is 12.0 Å². The monoisotopic (exact) mass is 171 g/mol. The maximum Gasteiger partial charge on any atom is 0.129 e. The van der Waals surface area contributed by atoms with Crippen molar-refractivity contribution in [3.8, 4) is 0 Å². The lowest BCUT2D eigenvalue weighted by atomic mass is 10.2. The summed E-state index contributed by atoms with van der Waals surface area (Å²) in [5.41, 5.74) is 1.42. The third-order valence-corrected chi connectivity index (χ3v) is 1.85. The van der Waals surface area contributed by atoms with Crippen LogP contribution in [0.4, 0.5) is 10.1 Å². The summed E-state index contributed by atoms with van der Waals surface area (Å²) in [5.74, 6) is 0.238. The Morgan fingerprint density at radius 1 is 1.55 bits per heavy atom. The van der Waals surface area contributed by atoms with Crippen LogP contribution in [-0.2, 0) is 5.75 Å². The highest BCUT2D eigenvalue weighted by Gasteiger charge is 1.99. The Morgan fingerprint density at radius 2 is 2.27 bits per heavy atom. The molecule has 0 unspecified atom stereocenters. The second-order valence-corrected chi connectivity index (χ2v) is 2.53. The van der Waals surface area contributed by atoms with E-state index in [2.05, 4.69) is 17.9 Å². The summed E-state index contributed by atoms with van der Waals surface area (Å²) >= 11 is 3.98. The third kappa shape index (κ3) is 1.87. The van der Waals surface area contributed by atoms with Gasteiger partial charge in [0.2, 0.25) is 0 Å². The summed E-state index contributed by atoms with van der Waals surface area (Å²) < 4.78 is 12.9. The van der Waals surface area contributed by atoms with Crippen LogP contribution in [0, 0.1) is 5.82 Å². The van der Waals surface area contributed by atoms with Crippen LogP contribution in [0.1, 0.15) is 5.56 Å². The van der Waals surface area contributed by atoms with Gasteiger partial charge in [-0.1, -0.05) is 6.07 Å². The normalized spacial score (nSPS) is 9.73. The molecule has 0 radical (unpaired) electrons. The van der Waals surface area contributed by atoms with Gasteiger partial charge in [0, 0.05) is 18.5 Å². The van der Waals surface area contributed by atoms with Gasteiger partial charge in [0.05, 0.1) is 0 Å². The lowest BCUT2D eigenvalue weighted by Crippen LogP contribution is -1.91. The number of rotatable bonds is 2. The van der Waals surface area contributed by atoms with Crippen LogP contribution in [0.25, 0.3) is 0 Å². The molecule has 0 spiro atoms. The van der Waals surface area contributed by atoms with Gasteiger partial charge in [-0.2, -0.15) is 12.6 Å². The van der Waals surface area contributed by atoms with Crippen molar-refractivity contribution in [3.63, 3.8) is 0 Å². The molecular weight excluding hydrogens is 161 g/mol. The Balaban J connectivity index is 2.99. The largest absolute Gasteiger partial charge is 0.388 e. The minimum Gasteiger partial charge on any atom is -0.388 e. The van der Waals surface area contributed by atoms with Gasteiger partial charge in [0.25, 0.3) is 0 Å². The van der Waals surface area contributed by atoms with E-state index in [9.17, 15) is 4.39 Å². The quantitative estimate of drug-likeness (QED) is 0.651. The van der Waals surface area contributed by atoms with Crippen molar-refractivity contribution in [3.05, 3.63) is 29.6 Å². The molecular formula is C8H10FNS. The molecule has 0 saturated heterocycles. The highest BCUT2D eigenvalue weighted by molar-refractivity contribution is 7.79. The van der Waals surface area contributed by atoms with Gasteiger partial charge in [-0.3, -0.25) is 0 Å². The average Bonchev–Trinajstić information content (AvgIpc) is 2.04. The first-order valence-electron chi connectivity index (χ1n) is 3.35. The molecule has 1 nitrogen and oxygen atoms in total. The van der Waals surface area contributed by atoms with E-state index in [-0.39, 0.29) is 5.82 Å². The summed E-state index contributed by atoms with van der Waals surface area (Å²) in [7, 11) is 1.76. The van der Waals surface area contributed by atoms with Crippen LogP contribution in [-0.4, -0.2) is 7.05 Å². The van der Waals surface area contributed by atoms with E-state index < -0.39 is 0 Å². The van der Waals surface area contributed by atoms with Gasteiger partial charge in [0.15, 0.2) is 0 Å². The van der Waals surface area contributed by atoms with Crippen molar-refractivity contribution in [2.75, 3.05) is 12.4 Å². The number of thiol groups is 1. The van der Waals surface area contributed by atoms with E-state index in [0.29, 0.717) is 11.3 Å². The van der Waals surface area contributed by atoms with Gasteiger partial charge in [-0.25, -0.2) is 4.39 Å². The molecule has 0 saturated carbocycles. The van der Waals surface area contributed by atoms with E-state index in [1.165, 1.54) is 6.07 Å². The summed E-state index contributed by atoms with van der Waals surface area (Å²) in [5, 5.41) is 2.85. The molecule has 1 rings (SSSR count). The SMILES string of the molecule is CNc1ccc(CS)c(F)c1. The summed E-state index contributed by atoms with van der Waals surface area (Å²) in [4.78, 5) is 0. The maximum absolute atomic E-state index is 12.9. The number of halogens is 1. The Morgan fingerprint density at radius 3 is 2.73 bits per heavy atom. The highest BCUT2D eigenvalue weighted by Crippen LogP contribution is 2.14. The van der Waals surface area contributed by atoms with Crippen molar-refractivity contribution in [2.45, 2.75) is 5.75 Å². The van der Waals surface area contributed by atoms with Crippen LogP contribution >= 0.6 is 12.6 Å². The third-order valence-electron chi connectivity index (χ3n) is 1.51. The fraction of sp³-hybridized carbons (Fsp3) is 0.250. The zero-order chi connectivity index (χ0) is 8.27. The smallest absolute Gasteiger partial charge is 0.129 e. The minimum absolute atomic E-state index is 0.202. The molecule has 0 aromatic heterocycles. The average molecular weight is 171 g/mol. The molecule has 0 aliphatic rings. The zero-order valence-electron chi connectivity index (χ0n) is 6.26. The fourth-order valence-corrected chi connectivity index (χ4v) is 1.09. The standard InChI is InChI=1S/C8H10FNS/c1-10-7-3-2-6(5-11)8(9)4-7/h2-4,10-11H,5H2,1H3. The van der Waals surface area contributed by atoms with E-state index in [1.807, 2.05) is 6.07 Å². The van der Waals surface area contributed by atoms with E-state index in [1.54, 1.807) is 13.1 Å². The molecule has 3 heteroatoms. The number of anilines is 1. The number of hydrogen-bond acceptors (Lipinski definition) is 2. The second-order valence-electron chi connectivity index (χ2n) is 2.21. The van der Waals surface area contributed by atoms with Crippen LogP contribution in [0.15, 0.2) is 18.2 Å². The molecule has 1 aromatic rings. The van der Waals surface area contributed by atoms with Crippen LogP contribution in [0.3, 0.4) is 0 Å². The number of benzene rings is 1. The van der Waals surface area contributed by atoms with Crippen molar-refractivity contribution in [1.29, 1.82) is 0 Å². The van der Waals surface area contributed by atoms with E-state index >= 15 is 0 Å². The summed E-state index contributed by atoms with van der Waals surface area (Å²) in [6, 6.07) is 5.02. The van der Waals surface area contributed by atoms with Gasteiger partial charge in [0.1, 0.15) is 5.82 Å². The van der Waals surface area contributed by atoms with Crippen molar-refractivity contribution in [2.24, 2.45) is 0 Å². The predicted molar refractivity (Wildman–Crippen MR) is 48.6 cm³/mol. The van der Waals surface area contributed by atoms with Crippen molar-refractivity contribution < 1.29 is 4.39 Å². The van der Waals surface area contributed by atoms with Crippen LogP contribution in [0.5, 0.6) is 0 Å². The van der Waals surface area contributed by atoms with Crippen molar-refractivity contribution >= 4 is 18.3 Å². The minimum atomic E-state index is -0.202. The molecule has 0 aliphatic carbocycles. The predicted octanol–water partition coefficient (Wildman–Crippen LogP) is 2.30. The molecule has 0 aliphatic heterocycles. The second kappa shape index (κ2) is 3.62. The van der Waals surface area contributed by atoms with Crippen LogP contribution < -0.4 is 5.32 Å². The first kappa shape index (κ1) is 8.40. The van der Waals surface area contributed by atoms with Crippen molar-refractivity contribution in [1.82, 2.24) is 0 Å². The highest BCUT2D eigenvalue weighted by atomic mass is 32.1. The molecule has 11 heavy (non-hydrogen) atoms. The Bertz CT molecular complexity index is 250. The van der Waals surface area contributed by atoms with E-state index in [4.69, 9.17) is 0 Å². The molecule has 0 amide bonds. The Hall–Kier alpha value is -0.700. The zero-order valence-corrected chi connectivity index (χ0v) is 7.16. The Kier molecular flexibility index (Phi) is 2.76. The number of hydrogen-bond donors (Lipinski definition) is 2. The first-order valence-corrected chi connectivity index (χ1v) is 3.98. The number of nitrogens with one attached hydrogen (secondary N) is 1. The molecule has 1 N–H and O–H groups in total. The van der Waals surface area contributed by atoms with Gasteiger partial charge in [-0.15, -0.1) is 0 Å². The molecule has 0 heterocycles. The molecule has 60 valence electrons. The lowest BCUT2D eigenvalue weighted by Gasteiger charge is -2.02. The van der Waals surface area contributed by atoms with Gasteiger partial charge in [-0.05, 0) is 17.7 Å². The molecule has 0 bridgehead atoms. The first-order chi connectivity index (χ1) is 5.27. The summed E-state index contributed by atoms with van der Waals surface area (Å²) in [6.45, 7) is 0. The lowest BCUT2D eigenvalue weighted by molar-refractivity contribution is 0.618. The summed E-state index contributed by atoms with van der Waals surface area (Å²) in [6.07, 6.45) is 0. The Labute approximate surface area is 71.0 Å². The fourth-order valence-electron chi connectivity index (χ4n) is 0.831. The molecule has 0 fully saturated rings. The maximum atomic E-state index is 12.9. The van der Waals surface area contributed by atoms with Gasteiger partial charge >= 0.3 is 0 Å². The van der Waals surface area contributed by atoms with E-state index in [0.717, 1.165) is 5.69 Å². The van der Waals surface area contributed by atoms with Gasteiger partial charge < -0.3 is 5.32 Å². The molecule has 0 atom stereocenters.